The molecule has 0 aliphatic carbocycles. The highest BCUT2D eigenvalue weighted by molar-refractivity contribution is 5.68. The number of aldehydes is 1. The molecule has 1 saturated heterocycles. The van der Waals surface area contributed by atoms with Crippen LogP contribution in [0.3, 0.4) is 0 Å². The molecule has 0 aromatic carbocycles. The summed E-state index contributed by atoms with van der Waals surface area (Å²) in [6, 6.07) is 1.91. The Morgan fingerprint density at radius 2 is 2.47 bits per heavy atom. The molecule has 0 bridgehead atoms. The minimum absolute atomic E-state index is 0.292. The highest BCUT2D eigenvalue weighted by Crippen LogP contribution is 2.24. The molecule has 1 atom stereocenters. The Balaban J connectivity index is 2.17. The van der Waals surface area contributed by atoms with Gasteiger partial charge in [-0.05, 0) is 32.5 Å². The molecule has 0 N–H and O–H groups in total. The molecule has 0 spiro atoms. The average molecular weight is 205 g/mol. The van der Waals surface area contributed by atoms with Crippen molar-refractivity contribution in [1.29, 1.82) is 0 Å². The molecule has 0 amide bonds. The monoisotopic (exact) mass is 205 g/mol. The van der Waals surface area contributed by atoms with Crippen molar-refractivity contribution < 1.29 is 4.79 Å². The first kappa shape index (κ1) is 10.2. The Morgan fingerprint density at radius 3 is 3.20 bits per heavy atom. The predicted octanol–water partition coefficient (Wildman–Crippen LogP) is 1.10. The number of hydrogen-bond acceptors (Lipinski definition) is 4. The molecule has 0 saturated carbocycles. The molecule has 1 aliphatic rings. The van der Waals surface area contributed by atoms with Crippen LogP contribution in [0.1, 0.15) is 35.1 Å². The zero-order chi connectivity index (χ0) is 10.7. The molecule has 0 radical (unpaired) electrons. The lowest BCUT2D eigenvalue weighted by Crippen LogP contribution is -2.31. The van der Waals surface area contributed by atoms with Crippen LogP contribution in [-0.4, -0.2) is 41.3 Å². The normalized spacial score (nSPS) is 22.6. The first-order chi connectivity index (χ1) is 7.29. The highest BCUT2D eigenvalue weighted by Gasteiger charge is 2.20. The first-order valence-electron chi connectivity index (χ1n) is 5.26. The Morgan fingerprint density at radius 1 is 1.60 bits per heavy atom. The number of hydrogen-bond donors (Lipinski definition) is 0. The van der Waals surface area contributed by atoms with Crippen LogP contribution in [0.15, 0.2) is 12.3 Å². The zero-order valence-electron chi connectivity index (χ0n) is 8.89. The molecule has 1 fully saturated rings. The molecular weight excluding hydrogens is 190 g/mol. The fourth-order valence-corrected chi connectivity index (χ4v) is 2.08. The summed E-state index contributed by atoms with van der Waals surface area (Å²) in [6.45, 7) is 2.18. The van der Waals surface area contributed by atoms with E-state index in [-0.39, 0.29) is 0 Å². The standard InChI is InChI=1S/C11H15N3O/c1-14-6-2-3-9(7-14)10-4-5-12-11(8-15)13-10/h4-5,8-9H,2-3,6-7H2,1H3. The van der Waals surface area contributed by atoms with E-state index in [9.17, 15) is 4.79 Å². The van der Waals surface area contributed by atoms with Crippen molar-refractivity contribution in [2.24, 2.45) is 0 Å². The van der Waals surface area contributed by atoms with Gasteiger partial charge in [0.25, 0.3) is 0 Å². The lowest BCUT2D eigenvalue weighted by atomic mass is 9.95. The molecule has 1 aliphatic heterocycles. The molecule has 80 valence electrons. The van der Waals surface area contributed by atoms with Crippen molar-refractivity contribution in [2.45, 2.75) is 18.8 Å². The van der Waals surface area contributed by atoms with E-state index in [0.717, 1.165) is 25.2 Å². The number of nitrogens with zero attached hydrogens (tertiary/aromatic N) is 3. The summed E-state index contributed by atoms with van der Waals surface area (Å²) in [5.41, 5.74) is 0.999. The van der Waals surface area contributed by atoms with Gasteiger partial charge in [0, 0.05) is 24.4 Å². The van der Waals surface area contributed by atoms with Crippen molar-refractivity contribution >= 4 is 6.29 Å². The third-order valence-electron chi connectivity index (χ3n) is 2.84. The Kier molecular flexibility index (Phi) is 3.06. The molecule has 1 aromatic rings. The van der Waals surface area contributed by atoms with Gasteiger partial charge in [0.2, 0.25) is 0 Å². The van der Waals surface area contributed by atoms with Gasteiger partial charge in [-0.3, -0.25) is 4.79 Å². The van der Waals surface area contributed by atoms with Gasteiger partial charge in [-0.1, -0.05) is 0 Å². The van der Waals surface area contributed by atoms with E-state index in [4.69, 9.17) is 0 Å². The van der Waals surface area contributed by atoms with Gasteiger partial charge in [0.05, 0.1) is 0 Å². The number of piperidine rings is 1. The second-order valence-electron chi connectivity index (χ2n) is 4.06. The van der Waals surface area contributed by atoms with Crippen LogP contribution < -0.4 is 0 Å². The number of aromatic nitrogens is 2. The maximum absolute atomic E-state index is 10.6. The third-order valence-corrected chi connectivity index (χ3v) is 2.84. The van der Waals surface area contributed by atoms with Gasteiger partial charge in [-0.15, -0.1) is 0 Å². The maximum Gasteiger partial charge on any atom is 0.192 e. The van der Waals surface area contributed by atoms with Crippen LogP contribution >= 0.6 is 0 Å². The average Bonchev–Trinajstić information content (AvgIpc) is 2.29. The van der Waals surface area contributed by atoms with Gasteiger partial charge < -0.3 is 4.90 Å². The van der Waals surface area contributed by atoms with Gasteiger partial charge in [0.1, 0.15) is 0 Å². The van der Waals surface area contributed by atoms with Crippen LogP contribution in [-0.2, 0) is 0 Å². The summed E-state index contributed by atoms with van der Waals surface area (Å²) >= 11 is 0. The van der Waals surface area contributed by atoms with Crippen molar-refractivity contribution in [3.8, 4) is 0 Å². The SMILES string of the molecule is CN1CCCC(c2ccnc(C=O)n2)C1. The van der Waals surface area contributed by atoms with E-state index in [1.165, 1.54) is 6.42 Å². The maximum atomic E-state index is 10.6. The summed E-state index contributed by atoms with van der Waals surface area (Å²) < 4.78 is 0. The van der Waals surface area contributed by atoms with Gasteiger partial charge in [-0.2, -0.15) is 0 Å². The molecular formula is C11H15N3O. The van der Waals surface area contributed by atoms with E-state index in [0.29, 0.717) is 18.0 Å². The predicted molar refractivity (Wildman–Crippen MR) is 56.9 cm³/mol. The van der Waals surface area contributed by atoms with E-state index in [1.807, 2.05) is 6.07 Å². The van der Waals surface area contributed by atoms with Crippen LogP contribution in [0.4, 0.5) is 0 Å². The lowest BCUT2D eigenvalue weighted by Gasteiger charge is -2.29. The van der Waals surface area contributed by atoms with Gasteiger partial charge in [-0.25, -0.2) is 9.97 Å². The molecule has 2 rings (SSSR count). The second kappa shape index (κ2) is 4.49. The second-order valence-corrected chi connectivity index (χ2v) is 4.06. The molecule has 2 heterocycles. The topological polar surface area (TPSA) is 46.1 Å². The van der Waals surface area contributed by atoms with Crippen molar-refractivity contribution in [2.75, 3.05) is 20.1 Å². The summed E-state index contributed by atoms with van der Waals surface area (Å²) in [7, 11) is 2.12. The van der Waals surface area contributed by atoms with Gasteiger partial charge in [0.15, 0.2) is 12.1 Å². The van der Waals surface area contributed by atoms with Crippen molar-refractivity contribution in [3.63, 3.8) is 0 Å². The largest absolute Gasteiger partial charge is 0.306 e. The minimum atomic E-state index is 0.292. The van der Waals surface area contributed by atoms with Gasteiger partial charge >= 0.3 is 0 Å². The van der Waals surface area contributed by atoms with Crippen molar-refractivity contribution in [3.05, 3.63) is 23.8 Å². The highest BCUT2D eigenvalue weighted by atomic mass is 16.1. The number of carbonyl (C=O) groups is 1. The quantitative estimate of drug-likeness (QED) is 0.678. The smallest absolute Gasteiger partial charge is 0.192 e. The first-order valence-corrected chi connectivity index (χ1v) is 5.26. The fraction of sp³-hybridized carbons (Fsp3) is 0.545. The number of likely N-dealkylation sites (N-methyl/N-ethyl adjacent to an activating group) is 1. The van der Waals surface area contributed by atoms with Crippen LogP contribution in [0.2, 0.25) is 0 Å². The zero-order valence-corrected chi connectivity index (χ0v) is 8.89. The Hall–Kier alpha value is -1.29. The summed E-state index contributed by atoms with van der Waals surface area (Å²) in [6.07, 6.45) is 4.72. The minimum Gasteiger partial charge on any atom is -0.306 e. The van der Waals surface area contributed by atoms with Crippen LogP contribution in [0.5, 0.6) is 0 Å². The molecule has 4 nitrogen and oxygen atoms in total. The number of carbonyl (C=O) groups excluding carboxylic acids is 1. The molecule has 1 aromatic heterocycles. The fourth-order valence-electron chi connectivity index (χ4n) is 2.08. The Bertz CT molecular complexity index is 353. The Labute approximate surface area is 89.3 Å². The molecule has 4 heteroatoms. The van der Waals surface area contributed by atoms with Crippen LogP contribution in [0.25, 0.3) is 0 Å². The van der Waals surface area contributed by atoms with E-state index >= 15 is 0 Å². The van der Waals surface area contributed by atoms with Crippen LogP contribution in [0, 0.1) is 0 Å². The van der Waals surface area contributed by atoms with Crippen molar-refractivity contribution in [1.82, 2.24) is 14.9 Å². The molecule has 15 heavy (non-hydrogen) atoms. The third kappa shape index (κ3) is 2.39. The lowest BCUT2D eigenvalue weighted by molar-refractivity contribution is 0.111. The summed E-state index contributed by atoms with van der Waals surface area (Å²) in [5.74, 6) is 0.742. The summed E-state index contributed by atoms with van der Waals surface area (Å²) in [5, 5.41) is 0. The summed E-state index contributed by atoms with van der Waals surface area (Å²) in [4.78, 5) is 21.0. The molecule has 1 unspecified atom stereocenters. The van der Waals surface area contributed by atoms with E-state index < -0.39 is 0 Å². The van der Waals surface area contributed by atoms with E-state index in [2.05, 4.69) is 21.9 Å². The number of rotatable bonds is 2. The number of likely N-dealkylation sites (tertiary alicyclic amines) is 1. The van der Waals surface area contributed by atoms with E-state index in [1.54, 1.807) is 6.20 Å².